The predicted molar refractivity (Wildman–Crippen MR) is 53.4 cm³/mol. The molecule has 2 heterocycles. The first kappa shape index (κ1) is 10.0. The van der Waals surface area contributed by atoms with Gasteiger partial charge in [-0.15, -0.1) is 0 Å². The maximum Gasteiger partial charge on any atom is 0.307 e. The third-order valence-corrected chi connectivity index (χ3v) is 2.75. The minimum Gasteiger partial charge on any atom is -0.481 e. The first-order valence-corrected chi connectivity index (χ1v) is 4.96. The van der Waals surface area contributed by atoms with E-state index in [1.54, 1.807) is 12.4 Å². The Morgan fingerprint density at radius 2 is 2.13 bits per heavy atom. The van der Waals surface area contributed by atoms with Gasteiger partial charge in [-0.2, -0.15) is 0 Å². The number of carboxylic acid groups (broad SMARTS) is 1. The van der Waals surface area contributed by atoms with E-state index >= 15 is 0 Å². The van der Waals surface area contributed by atoms with Crippen LogP contribution in [0.1, 0.15) is 17.9 Å². The molecule has 0 aliphatic carbocycles. The van der Waals surface area contributed by atoms with Gasteiger partial charge in [0.05, 0.1) is 5.92 Å². The number of rotatable bonds is 2. The number of hydrogen-bond donors (Lipinski definition) is 2. The van der Waals surface area contributed by atoms with E-state index in [4.69, 9.17) is 5.11 Å². The van der Waals surface area contributed by atoms with E-state index in [2.05, 4.69) is 15.3 Å². The highest BCUT2D eigenvalue weighted by atomic mass is 16.4. The minimum absolute atomic E-state index is 0.209. The highest BCUT2D eigenvalue weighted by Crippen LogP contribution is 2.25. The second-order valence-corrected chi connectivity index (χ2v) is 3.80. The lowest BCUT2D eigenvalue weighted by molar-refractivity contribution is -0.142. The lowest BCUT2D eigenvalue weighted by Gasteiger charge is -2.27. The molecule has 5 nitrogen and oxygen atoms in total. The lowest BCUT2D eigenvalue weighted by Crippen LogP contribution is -2.38. The molecule has 15 heavy (non-hydrogen) atoms. The summed E-state index contributed by atoms with van der Waals surface area (Å²) in [5.41, 5.74) is 1.01. The molecule has 1 aromatic rings. The Morgan fingerprint density at radius 3 is 2.80 bits per heavy atom. The summed E-state index contributed by atoms with van der Waals surface area (Å²) in [6.45, 7) is 1.36. The number of aliphatic carboxylic acids is 1. The van der Waals surface area contributed by atoms with E-state index in [9.17, 15) is 4.79 Å². The van der Waals surface area contributed by atoms with Gasteiger partial charge in [0.25, 0.3) is 0 Å². The van der Waals surface area contributed by atoms with Gasteiger partial charge in [-0.25, -0.2) is 9.97 Å². The Balaban J connectivity index is 2.08. The normalized spacial score (nSPS) is 26.1. The zero-order chi connectivity index (χ0) is 10.7. The van der Waals surface area contributed by atoms with E-state index in [0.717, 1.165) is 12.1 Å². The second-order valence-electron chi connectivity index (χ2n) is 3.80. The quantitative estimate of drug-likeness (QED) is 0.727. The largest absolute Gasteiger partial charge is 0.481 e. The van der Waals surface area contributed by atoms with Crippen molar-refractivity contribution in [1.29, 1.82) is 0 Å². The molecule has 80 valence electrons. The molecule has 2 atom stereocenters. The van der Waals surface area contributed by atoms with Crippen molar-refractivity contribution < 1.29 is 9.90 Å². The summed E-state index contributed by atoms with van der Waals surface area (Å²) in [5, 5.41) is 12.1. The number of carbonyl (C=O) groups is 1. The Labute approximate surface area is 87.6 Å². The van der Waals surface area contributed by atoms with Crippen LogP contribution in [0.15, 0.2) is 18.7 Å². The van der Waals surface area contributed by atoms with Crippen molar-refractivity contribution in [2.75, 3.05) is 13.1 Å². The summed E-state index contributed by atoms with van der Waals surface area (Å²) < 4.78 is 0. The van der Waals surface area contributed by atoms with Crippen molar-refractivity contribution in [2.24, 2.45) is 5.92 Å². The molecule has 0 spiro atoms. The summed E-state index contributed by atoms with van der Waals surface area (Å²) in [7, 11) is 0. The Morgan fingerprint density at radius 1 is 1.40 bits per heavy atom. The molecular formula is C10H13N3O2. The molecule has 1 aliphatic rings. The topological polar surface area (TPSA) is 75.1 Å². The maximum absolute atomic E-state index is 10.9. The van der Waals surface area contributed by atoms with E-state index in [1.807, 2.05) is 0 Å². The van der Waals surface area contributed by atoms with E-state index in [-0.39, 0.29) is 11.8 Å². The molecular weight excluding hydrogens is 194 g/mol. The van der Waals surface area contributed by atoms with Gasteiger partial charge in [0.15, 0.2) is 0 Å². The van der Waals surface area contributed by atoms with Crippen molar-refractivity contribution >= 4 is 5.97 Å². The van der Waals surface area contributed by atoms with Gasteiger partial charge in [0, 0.05) is 31.4 Å². The highest BCUT2D eigenvalue weighted by molar-refractivity contribution is 5.70. The van der Waals surface area contributed by atoms with E-state index in [1.165, 1.54) is 6.33 Å². The van der Waals surface area contributed by atoms with Crippen LogP contribution in [-0.2, 0) is 4.79 Å². The molecule has 0 radical (unpaired) electrons. The van der Waals surface area contributed by atoms with Crippen molar-refractivity contribution in [3.63, 3.8) is 0 Å². The van der Waals surface area contributed by atoms with E-state index in [0.29, 0.717) is 13.0 Å². The number of nitrogens with one attached hydrogen (secondary N) is 1. The van der Waals surface area contributed by atoms with Crippen LogP contribution in [0, 0.1) is 5.92 Å². The molecule has 2 N–H and O–H groups in total. The third kappa shape index (κ3) is 2.30. The summed E-state index contributed by atoms with van der Waals surface area (Å²) in [4.78, 5) is 18.7. The standard InChI is InChI=1S/C10H13N3O2/c14-10(15)8-1-7(2-11-3-8)9-4-12-6-13-5-9/h4-8,11H,1-3H2,(H,14,15). The summed E-state index contributed by atoms with van der Waals surface area (Å²) in [5.74, 6) is -0.825. The van der Waals surface area contributed by atoms with Crippen molar-refractivity contribution in [3.8, 4) is 0 Å². The number of nitrogens with zero attached hydrogens (tertiary/aromatic N) is 2. The van der Waals surface area contributed by atoms with Gasteiger partial charge in [0.2, 0.25) is 0 Å². The van der Waals surface area contributed by atoms with Gasteiger partial charge >= 0.3 is 5.97 Å². The SMILES string of the molecule is O=C(O)C1CNCC(c2cncnc2)C1. The summed E-state index contributed by atoms with van der Waals surface area (Å²) >= 11 is 0. The summed E-state index contributed by atoms with van der Waals surface area (Å²) in [6.07, 6.45) is 5.65. The lowest BCUT2D eigenvalue weighted by atomic mass is 9.87. The van der Waals surface area contributed by atoms with Gasteiger partial charge in [0.1, 0.15) is 6.33 Å². The molecule has 0 bridgehead atoms. The van der Waals surface area contributed by atoms with Crippen LogP contribution in [-0.4, -0.2) is 34.1 Å². The summed E-state index contributed by atoms with van der Waals surface area (Å²) in [6, 6.07) is 0. The molecule has 1 fully saturated rings. The van der Waals surface area contributed by atoms with Crippen LogP contribution < -0.4 is 5.32 Å². The zero-order valence-corrected chi connectivity index (χ0v) is 8.26. The number of piperidine rings is 1. The van der Waals surface area contributed by atoms with Crippen molar-refractivity contribution in [1.82, 2.24) is 15.3 Å². The van der Waals surface area contributed by atoms with Gasteiger partial charge in [-0.3, -0.25) is 4.79 Å². The zero-order valence-electron chi connectivity index (χ0n) is 8.26. The maximum atomic E-state index is 10.9. The third-order valence-electron chi connectivity index (χ3n) is 2.75. The molecule has 2 rings (SSSR count). The predicted octanol–water partition coefficient (Wildman–Crippen LogP) is 0.254. The minimum atomic E-state index is -0.732. The van der Waals surface area contributed by atoms with Crippen molar-refractivity contribution in [3.05, 3.63) is 24.3 Å². The Bertz CT molecular complexity index is 342. The van der Waals surface area contributed by atoms with Gasteiger partial charge in [-0.05, 0) is 12.0 Å². The van der Waals surface area contributed by atoms with Crippen LogP contribution in [0.2, 0.25) is 0 Å². The first-order valence-electron chi connectivity index (χ1n) is 4.96. The Kier molecular flexibility index (Phi) is 2.91. The van der Waals surface area contributed by atoms with Crippen LogP contribution in [0.25, 0.3) is 0 Å². The average molecular weight is 207 g/mol. The molecule has 5 heteroatoms. The molecule has 0 amide bonds. The second kappa shape index (κ2) is 4.35. The highest BCUT2D eigenvalue weighted by Gasteiger charge is 2.27. The molecule has 1 saturated heterocycles. The first-order chi connectivity index (χ1) is 7.27. The van der Waals surface area contributed by atoms with Crippen LogP contribution in [0.4, 0.5) is 0 Å². The van der Waals surface area contributed by atoms with Crippen LogP contribution in [0.3, 0.4) is 0 Å². The molecule has 1 aliphatic heterocycles. The van der Waals surface area contributed by atoms with Crippen LogP contribution in [0.5, 0.6) is 0 Å². The number of carboxylic acids is 1. The molecule has 2 unspecified atom stereocenters. The van der Waals surface area contributed by atoms with Gasteiger partial charge in [-0.1, -0.05) is 0 Å². The Hall–Kier alpha value is -1.49. The number of hydrogen-bond acceptors (Lipinski definition) is 4. The smallest absolute Gasteiger partial charge is 0.307 e. The van der Waals surface area contributed by atoms with E-state index < -0.39 is 5.97 Å². The fourth-order valence-corrected chi connectivity index (χ4v) is 1.91. The fourth-order valence-electron chi connectivity index (χ4n) is 1.91. The average Bonchev–Trinajstić information content (AvgIpc) is 2.30. The van der Waals surface area contributed by atoms with Crippen LogP contribution >= 0.6 is 0 Å². The fraction of sp³-hybridized carbons (Fsp3) is 0.500. The van der Waals surface area contributed by atoms with Gasteiger partial charge < -0.3 is 10.4 Å². The molecule has 0 aromatic carbocycles. The van der Waals surface area contributed by atoms with Crippen molar-refractivity contribution in [2.45, 2.75) is 12.3 Å². The monoisotopic (exact) mass is 207 g/mol. The molecule has 0 saturated carbocycles. The molecule has 1 aromatic heterocycles. The number of aromatic nitrogens is 2.